The minimum atomic E-state index is -0.398. The number of amides is 1. The summed E-state index contributed by atoms with van der Waals surface area (Å²) in [6.45, 7) is 7.09. The second-order valence-electron chi connectivity index (χ2n) is 6.87. The number of carbonyl (C=O) groups is 2. The minimum absolute atomic E-state index is 0.0176. The molecule has 0 aliphatic carbocycles. The molecule has 0 radical (unpaired) electrons. The molecular weight excluding hydrogens is 334 g/mol. The average molecular weight is 363 g/mol. The summed E-state index contributed by atoms with van der Waals surface area (Å²) in [6.07, 6.45) is 1.94. The fourth-order valence-electron chi connectivity index (χ4n) is 3.17. The Morgan fingerprint density at radius 3 is 2.58 bits per heavy atom. The number of esters is 1. The van der Waals surface area contributed by atoms with E-state index in [1.807, 2.05) is 32.0 Å². The first-order chi connectivity index (χ1) is 12.4. The molecule has 1 amide bonds. The van der Waals surface area contributed by atoms with Gasteiger partial charge in [0.05, 0.1) is 19.1 Å². The predicted octanol–water partition coefficient (Wildman–Crippen LogP) is 2.50. The Hall–Kier alpha value is -2.08. The van der Waals surface area contributed by atoms with Gasteiger partial charge >= 0.3 is 5.97 Å². The van der Waals surface area contributed by atoms with E-state index in [0.717, 1.165) is 36.3 Å². The first-order valence-corrected chi connectivity index (χ1v) is 9.08. The summed E-state index contributed by atoms with van der Waals surface area (Å²) in [7, 11) is 1.36. The van der Waals surface area contributed by atoms with Gasteiger partial charge in [0.1, 0.15) is 5.75 Å². The van der Waals surface area contributed by atoms with Gasteiger partial charge in [-0.05, 0) is 37.8 Å². The number of benzene rings is 1. The Morgan fingerprint density at radius 2 is 2.00 bits per heavy atom. The largest absolute Gasteiger partial charge is 0.483 e. The standard InChI is InChI=1S/C20H29NO5/c1-14-7-5-8-15(2)19(14)26-13-18(22)21(11-16(3)20(23)24-4)12-17-9-6-10-25-17/h5,7-8,16-17H,6,9-13H2,1-4H3. The number of hydrogen-bond acceptors (Lipinski definition) is 5. The predicted molar refractivity (Wildman–Crippen MR) is 98.1 cm³/mol. The molecule has 1 aliphatic heterocycles. The van der Waals surface area contributed by atoms with Gasteiger partial charge in [-0.25, -0.2) is 0 Å². The molecule has 0 N–H and O–H groups in total. The van der Waals surface area contributed by atoms with Crippen molar-refractivity contribution in [3.8, 4) is 5.75 Å². The zero-order valence-corrected chi connectivity index (χ0v) is 16.1. The first kappa shape index (κ1) is 20.2. The Kier molecular flexibility index (Phi) is 7.45. The molecule has 1 aromatic rings. The van der Waals surface area contributed by atoms with Crippen molar-refractivity contribution in [1.82, 2.24) is 4.90 Å². The van der Waals surface area contributed by atoms with E-state index in [4.69, 9.17) is 14.2 Å². The van der Waals surface area contributed by atoms with Crippen LogP contribution in [0.25, 0.3) is 0 Å². The number of hydrogen-bond donors (Lipinski definition) is 0. The van der Waals surface area contributed by atoms with Gasteiger partial charge in [-0.1, -0.05) is 25.1 Å². The molecule has 26 heavy (non-hydrogen) atoms. The average Bonchev–Trinajstić information content (AvgIpc) is 3.12. The molecule has 1 aromatic carbocycles. The van der Waals surface area contributed by atoms with E-state index in [1.54, 1.807) is 11.8 Å². The molecule has 2 atom stereocenters. The van der Waals surface area contributed by atoms with Crippen LogP contribution in [-0.4, -0.2) is 56.3 Å². The van der Waals surface area contributed by atoms with E-state index >= 15 is 0 Å². The fourth-order valence-corrected chi connectivity index (χ4v) is 3.17. The van der Waals surface area contributed by atoms with E-state index < -0.39 is 5.92 Å². The van der Waals surface area contributed by atoms with Gasteiger partial charge in [0, 0.05) is 19.7 Å². The lowest BCUT2D eigenvalue weighted by atomic mass is 10.1. The van der Waals surface area contributed by atoms with E-state index in [9.17, 15) is 9.59 Å². The lowest BCUT2D eigenvalue weighted by Gasteiger charge is -2.27. The maximum absolute atomic E-state index is 12.8. The molecule has 2 unspecified atom stereocenters. The lowest BCUT2D eigenvalue weighted by Crippen LogP contribution is -2.43. The summed E-state index contributed by atoms with van der Waals surface area (Å²) in [5, 5.41) is 0. The van der Waals surface area contributed by atoms with Crippen LogP contribution < -0.4 is 4.74 Å². The number of rotatable bonds is 8. The Morgan fingerprint density at radius 1 is 1.31 bits per heavy atom. The third kappa shape index (κ3) is 5.46. The van der Waals surface area contributed by atoms with Crippen molar-refractivity contribution < 1.29 is 23.8 Å². The highest BCUT2D eigenvalue weighted by molar-refractivity contribution is 5.79. The molecular formula is C20H29NO5. The van der Waals surface area contributed by atoms with Gasteiger partial charge < -0.3 is 19.1 Å². The van der Waals surface area contributed by atoms with E-state index in [2.05, 4.69) is 0 Å². The van der Waals surface area contributed by atoms with Crippen LogP contribution in [0.3, 0.4) is 0 Å². The molecule has 0 saturated carbocycles. The molecule has 2 rings (SSSR count). The number of methoxy groups -OCH3 is 1. The maximum atomic E-state index is 12.8. The van der Waals surface area contributed by atoms with Crippen LogP contribution in [0.4, 0.5) is 0 Å². The second-order valence-corrected chi connectivity index (χ2v) is 6.87. The molecule has 1 heterocycles. The second kappa shape index (κ2) is 9.57. The molecule has 0 bridgehead atoms. The summed E-state index contributed by atoms with van der Waals surface area (Å²) < 4.78 is 16.2. The van der Waals surface area contributed by atoms with Crippen LogP contribution >= 0.6 is 0 Å². The van der Waals surface area contributed by atoms with Crippen LogP contribution in [0.15, 0.2) is 18.2 Å². The van der Waals surface area contributed by atoms with Crippen LogP contribution in [0, 0.1) is 19.8 Å². The number of ether oxygens (including phenoxy) is 3. The van der Waals surface area contributed by atoms with Crippen LogP contribution in [0.1, 0.15) is 30.9 Å². The van der Waals surface area contributed by atoms with Gasteiger partial charge in [-0.2, -0.15) is 0 Å². The van der Waals surface area contributed by atoms with Crippen molar-refractivity contribution in [2.45, 2.75) is 39.7 Å². The van der Waals surface area contributed by atoms with Gasteiger partial charge in [0.15, 0.2) is 6.61 Å². The third-order valence-electron chi connectivity index (χ3n) is 4.65. The molecule has 144 valence electrons. The van der Waals surface area contributed by atoms with Crippen molar-refractivity contribution in [2.75, 3.05) is 33.4 Å². The first-order valence-electron chi connectivity index (χ1n) is 9.08. The van der Waals surface area contributed by atoms with Crippen molar-refractivity contribution in [3.63, 3.8) is 0 Å². The summed E-state index contributed by atoms with van der Waals surface area (Å²) in [5.41, 5.74) is 1.98. The summed E-state index contributed by atoms with van der Waals surface area (Å²) in [4.78, 5) is 26.2. The highest BCUT2D eigenvalue weighted by Crippen LogP contribution is 2.22. The van der Waals surface area contributed by atoms with Crippen LogP contribution in [0.2, 0.25) is 0 Å². The molecule has 0 spiro atoms. The Bertz CT molecular complexity index is 604. The Balaban J connectivity index is 2.02. The summed E-state index contributed by atoms with van der Waals surface area (Å²) in [6, 6.07) is 5.87. The van der Waals surface area contributed by atoms with E-state index in [1.165, 1.54) is 7.11 Å². The van der Waals surface area contributed by atoms with Crippen LogP contribution in [0.5, 0.6) is 5.75 Å². The Labute approximate surface area is 155 Å². The van der Waals surface area contributed by atoms with Crippen molar-refractivity contribution >= 4 is 11.9 Å². The number of para-hydroxylation sites is 1. The maximum Gasteiger partial charge on any atom is 0.310 e. The quantitative estimate of drug-likeness (QED) is 0.664. The van der Waals surface area contributed by atoms with Gasteiger partial charge in [-0.3, -0.25) is 9.59 Å². The molecule has 1 aliphatic rings. The summed E-state index contributed by atoms with van der Waals surface area (Å²) >= 11 is 0. The van der Waals surface area contributed by atoms with Crippen molar-refractivity contribution in [1.29, 1.82) is 0 Å². The number of nitrogens with zero attached hydrogens (tertiary/aromatic N) is 1. The normalized spacial score (nSPS) is 17.6. The monoisotopic (exact) mass is 363 g/mol. The molecule has 1 saturated heterocycles. The van der Waals surface area contributed by atoms with Gasteiger partial charge in [0.2, 0.25) is 0 Å². The topological polar surface area (TPSA) is 65.1 Å². The van der Waals surface area contributed by atoms with Crippen molar-refractivity contribution in [3.05, 3.63) is 29.3 Å². The lowest BCUT2D eigenvalue weighted by molar-refractivity contribution is -0.147. The van der Waals surface area contributed by atoms with Gasteiger partial charge in [-0.15, -0.1) is 0 Å². The smallest absolute Gasteiger partial charge is 0.310 e. The highest BCUT2D eigenvalue weighted by Gasteiger charge is 2.26. The zero-order valence-electron chi connectivity index (χ0n) is 16.1. The minimum Gasteiger partial charge on any atom is -0.483 e. The van der Waals surface area contributed by atoms with Gasteiger partial charge in [0.25, 0.3) is 5.91 Å². The SMILES string of the molecule is COC(=O)C(C)CN(CC1CCCO1)C(=O)COc1c(C)cccc1C. The zero-order chi connectivity index (χ0) is 19.1. The number of carbonyl (C=O) groups excluding carboxylic acids is 2. The third-order valence-corrected chi connectivity index (χ3v) is 4.65. The van der Waals surface area contributed by atoms with E-state index in [0.29, 0.717) is 13.1 Å². The van der Waals surface area contributed by atoms with Crippen molar-refractivity contribution in [2.24, 2.45) is 5.92 Å². The molecule has 6 heteroatoms. The molecule has 1 fully saturated rings. The fraction of sp³-hybridized carbons (Fsp3) is 0.600. The summed E-state index contributed by atoms with van der Waals surface area (Å²) in [5.74, 6) is -0.144. The van der Waals surface area contributed by atoms with E-state index in [-0.39, 0.29) is 24.6 Å². The highest BCUT2D eigenvalue weighted by atomic mass is 16.5. The van der Waals surface area contributed by atoms with Crippen LogP contribution in [-0.2, 0) is 19.1 Å². The molecule has 0 aromatic heterocycles. The molecule has 6 nitrogen and oxygen atoms in total. The number of aryl methyl sites for hydroxylation is 2.